The van der Waals surface area contributed by atoms with E-state index in [4.69, 9.17) is 0 Å². The van der Waals surface area contributed by atoms with E-state index in [9.17, 15) is 0 Å². The average Bonchev–Trinajstić information content (AvgIpc) is 3.07. The molecule has 0 amide bonds. The second-order valence-electron chi connectivity index (χ2n) is 6.21. The van der Waals surface area contributed by atoms with Gasteiger partial charge in [-0.05, 0) is 65.9 Å². The number of hydrogen-bond acceptors (Lipinski definition) is 3. The first-order chi connectivity index (χ1) is 12.4. The zero-order valence-electron chi connectivity index (χ0n) is 14.1. The Morgan fingerprint density at radius 2 is 1.52 bits per heavy atom. The van der Waals surface area contributed by atoms with Gasteiger partial charge in [0.1, 0.15) is 0 Å². The summed E-state index contributed by atoms with van der Waals surface area (Å²) in [5.74, 6) is 0. The van der Waals surface area contributed by atoms with E-state index < -0.39 is 0 Å². The minimum atomic E-state index is 0.942. The fourth-order valence-corrected chi connectivity index (χ4v) is 3.21. The quantitative estimate of drug-likeness (QED) is 0.648. The maximum absolute atomic E-state index is 4.03. The molecule has 0 saturated heterocycles. The first-order valence-electron chi connectivity index (χ1n) is 8.67. The van der Waals surface area contributed by atoms with Gasteiger partial charge < -0.3 is 10.6 Å². The third kappa shape index (κ3) is 3.72. The lowest BCUT2D eigenvalue weighted by molar-refractivity contribution is 1.08. The predicted molar refractivity (Wildman–Crippen MR) is 105 cm³/mol. The molecule has 0 bridgehead atoms. The molecule has 4 rings (SSSR count). The van der Waals surface area contributed by atoms with Crippen molar-refractivity contribution in [1.82, 2.24) is 4.98 Å². The molecule has 0 unspecified atom stereocenters. The highest BCUT2D eigenvalue weighted by Gasteiger charge is 2.12. The summed E-state index contributed by atoms with van der Waals surface area (Å²) in [7, 11) is 0. The highest BCUT2D eigenvalue weighted by molar-refractivity contribution is 5.73. The Labute approximate surface area is 148 Å². The maximum atomic E-state index is 4.03. The van der Waals surface area contributed by atoms with Gasteiger partial charge in [0, 0.05) is 36.0 Å². The van der Waals surface area contributed by atoms with E-state index in [-0.39, 0.29) is 0 Å². The SMILES string of the molecule is C1=C(CCNc2ccc(Nc3ccncc3)cc2)c2ccccc2C1. The molecule has 0 radical (unpaired) electrons. The van der Waals surface area contributed by atoms with Gasteiger partial charge in [0.05, 0.1) is 0 Å². The third-order valence-corrected chi connectivity index (χ3v) is 4.51. The smallest absolute Gasteiger partial charge is 0.0415 e. The van der Waals surface area contributed by atoms with Crippen LogP contribution in [0, 0.1) is 0 Å². The summed E-state index contributed by atoms with van der Waals surface area (Å²) in [5.41, 5.74) is 7.59. The first-order valence-corrected chi connectivity index (χ1v) is 8.67. The predicted octanol–water partition coefficient (Wildman–Crippen LogP) is 5.27. The molecule has 3 heteroatoms. The van der Waals surface area contributed by atoms with Gasteiger partial charge in [-0.1, -0.05) is 30.3 Å². The molecule has 0 atom stereocenters. The molecule has 1 aromatic heterocycles. The minimum absolute atomic E-state index is 0.942. The maximum Gasteiger partial charge on any atom is 0.0415 e. The van der Waals surface area contributed by atoms with E-state index >= 15 is 0 Å². The number of rotatable bonds is 6. The van der Waals surface area contributed by atoms with Crippen molar-refractivity contribution in [2.45, 2.75) is 12.8 Å². The zero-order chi connectivity index (χ0) is 16.9. The molecule has 0 fully saturated rings. The highest BCUT2D eigenvalue weighted by Crippen LogP contribution is 2.29. The molecule has 0 aliphatic heterocycles. The van der Waals surface area contributed by atoms with Crippen LogP contribution in [0.1, 0.15) is 17.5 Å². The zero-order valence-corrected chi connectivity index (χ0v) is 14.1. The normalized spacial score (nSPS) is 12.4. The van der Waals surface area contributed by atoms with Crippen LogP contribution in [-0.4, -0.2) is 11.5 Å². The van der Waals surface area contributed by atoms with Crippen molar-refractivity contribution in [2.24, 2.45) is 0 Å². The molecule has 3 aromatic rings. The van der Waals surface area contributed by atoms with Crippen LogP contribution in [0.15, 0.2) is 79.1 Å². The number of nitrogens with one attached hydrogen (secondary N) is 2. The Morgan fingerprint density at radius 3 is 2.36 bits per heavy atom. The number of fused-ring (bicyclic) bond motifs is 1. The number of hydrogen-bond donors (Lipinski definition) is 2. The lowest BCUT2D eigenvalue weighted by atomic mass is 10.0. The van der Waals surface area contributed by atoms with Crippen LogP contribution in [0.3, 0.4) is 0 Å². The van der Waals surface area contributed by atoms with Gasteiger partial charge in [-0.25, -0.2) is 0 Å². The monoisotopic (exact) mass is 327 g/mol. The van der Waals surface area contributed by atoms with Crippen LogP contribution >= 0.6 is 0 Å². The number of benzene rings is 2. The molecular formula is C22H21N3. The lowest BCUT2D eigenvalue weighted by Gasteiger charge is -2.10. The molecule has 0 saturated carbocycles. The van der Waals surface area contributed by atoms with E-state index in [0.717, 1.165) is 36.4 Å². The van der Waals surface area contributed by atoms with E-state index in [1.165, 1.54) is 16.7 Å². The van der Waals surface area contributed by atoms with Crippen LogP contribution in [0.2, 0.25) is 0 Å². The van der Waals surface area contributed by atoms with Gasteiger partial charge in [-0.15, -0.1) is 0 Å². The molecule has 124 valence electrons. The highest BCUT2D eigenvalue weighted by atomic mass is 14.9. The molecule has 1 aliphatic rings. The summed E-state index contributed by atoms with van der Waals surface area (Å²) in [6.45, 7) is 0.942. The van der Waals surface area contributed by atoms with Crippen molar-refractivity contribution >= 4 is 22.6 Å². The first kappa shape index (κ1) is 15.5. The van der Waals surface area contributed by atoms with Gasteiger partial charge in [0.15, 0.2) is 0 Å². The molecule has 25 heavy (non-hydrogen) atoms. The van der Waals surface area contributed by atoms with E-state index in [0.29, 0.717) is 0 Å². The lowest BCUT2D eigenvalue weighted by Crippen LogP contribution is -2.02. The molecule has 0 spiro atoms. The second kappa shape index (κ2) is 7.22. The molecule has 1 aliphatic carbocycles. The number of allylic oxidation sites excluding steroid dienone is 1. The fraction of sp³-hybridized carbons (Fsp3) is 0.136. The second-order valence-corrected chi connectivity index (χ2v) is 6.21. The average molecular weight is 327 g/mol. The van der Waals surface area contributed by atoms with Crippen molar-refractivity contribution in [1.29, 1.82) is 0 Å². The van der Waals surface area contributed by atoms with E-state index in [2.05, 4.69) is 70.2 Å². The van der Waals surface area contributed by atoms with Crippen LogP contribution in [0.4, 0.5) is 17.1 Å². The van der Waals surface area contributed by atoms with Crippen LogP contribution in [0.25, 0.3) is 5.57 Å². The van der Waals surface area contributed by atoms with Crippen LogP contribution in [0.5, 0.6) is 0 Å². The van der Waals surface area contributed by atoms with Gasteiger partial charge in [-0.3, -0.25) is 4.98 Å². The number of anilines is 3. The fourth-order valence-electron chi connectivity index (χ4n) is 3.21. The molecular weight excluding hydrogens is 306 g/mol. The van der Waals surface area contributed by atoms with E-state index in [1.807, 2.05) is 12.1 Å². The summed E-state index contributed by atoms with van der Waals surface area (Å²) in [5, 5.41) is 6.88. The van der Waals surface area contributed by atoms with Gasteiger partial charge in [0.2, 0.25) is 0 Å². The standard InChI is InChI=1S/C22H21N3/c1-2-4-22-17(3-1)5-6-18(22)11-16-24-19-7-9-20(10-8-19)25-21-12-14-23-15-13-21/h1-4,6-10,12-15,24H,5,11,16H2,(H,23,25). The van der Waals surface area contributed by atoms with Gasteiger partial charge >= 0.3 is 0 Å². The molecule has 2 aromatic carbocycles. The van der Waals surface area contributed by atoms with Crippen molar-refractivity contribution in [2.75, 3.05) is 17.2 Å². The number of aromatic nitrogens is 1. The summed E-state index contributed by atoms with van der Waals surface area (Å²) < 4.78 is 0. The third-order valence-electron chi connectivity index (χ3n) is 4.51. The van der Waals surface area contributed by atoms with Crippen LogP contribution < -0.4 is 10.6 Å². The number of nitrogens with zero attached hydrogens (tertiary/aromatic N) is 1. The van der Waals surface area contributed by atoms with Crippen molar-refractivity contribution < 1.29 is 0 Å². The topological polar surface area (TPSA) is 37.0 Å². The summed E-state index contributed by atoms with van der Waals surface area (Å²) >= 11 is 0. The van der Waals surface area contributed by atoms with Crippen molar-refractivity contribution in [3.63, 3.8) is 0 Å². The summed E-state index contributed by atoms with van der Waals surface area (Å²) in [6.07, 6.45) is 8.05. The van der Waals surface area contributed by atoms with Gasteiger partial charge in [-0.2, -0.15) is 0 Å². The Hall–Kier alpha value is -3.07. The summed E-state index contributed by atoms with van der Waals surface area (Å²) in [4.78, 5) is 4.03. The van der Waals surface area contributed by atoms with Crippen molar-refractivity contribution in [3.8, 4) is 0 Å². The Kier molecular flexibility index (Phi) is 4.46. The minimum Gasteiger partial charge on any atom is -0.385 e. The van der Waals surface area contributed by atoms with Crippen LogP contribution in [-0.2, 0) is 6.42 Å². The molecule has 2 N–H and O–H groups in total. The van der Waals surface area contributed by atoms with Gasteiger partial charge in [0.25, 0.3) is 0 Å². The number of pyridine rings is 1. The largest absolute Gasteiger partial charge is 0.385 e. The Balaban J connectivity index is 1.31. The molecule has 1 heterocycles. The summed E-state index contributed by atoms with van der Waals surface area (Å²) in [6, 6.07) is 21.0. The van der Waals surface area contributed by atoms with E-state index in [1.54, 1.807) is 12.4 Å². The van der Waals surface area contributed by atoms with Crippen molar-refractivity contribution in [3.05, 3.63) is 90.3 Å². The Morgan fingerprint density at radius 1 is 0.800 bits per heavy atom. The Bertz CT molecular complexity index is 867. The molecule has 3 nitrogen and oxygen atoms in total.